The summed E-state index contributed by atoms with van der Waals surface area (Å²) in [5.74, 6) is 0.360. The average Bonchev–Trinajstić information content (AvgIpc) is 2.88. The van der Waals surface area contributed by atoms with Gasteiger partial charge in [0.05, 0.1) is 11.7 Å². The van der Waals surface area contributed by atoms with Gasteiger partial charge < -0.3 is 10.1 Å². The molecule has 0 atom stereocenters. The van der Waals surface area contributed by atoms with Gasteiger partial charge in [0.25, 0.3) is 11.8 Å². The second-order valence-corrected chi connectivity index (χ2v) is 8.00. The van der Waals surface area contributed by atoms with E-state index in [0.717, 1.165) is 17.0 Å². The number of benzene rings is 2. The van der Waals surface area contributed by atoms with Crippen molar-refractivity contribution in [2.24, 2.45) is 5.92 Å². The molecule has 2 aromatic carbocycles. The third-order valence-electron chi connectivity index (χ3n) is 4.64. The van der Waals surface area contributed by atoms with Crippen LogP contribution in [0, 0.1) is 12.8 Å². The molecule has 0 saturated carbocycles. The van der Waals surface area contributed by atoms with Crippen molar-refractivity contribution in [1.29, 1.82) is 0 Å². The summed E-state index contributed by atoms with van der Waals surface area (Å²) in [4.78, 5) is 27.6. The predicted molar refractivity (Wildman–Crippen MR) is 115 cm³/mol. The predicted octanol–water partition coefficient (Wildman–Crippen LogP) is 4.63. The van der Waals surface area contributed by atoms with Gasteiger partial charge in [0.2, 0.25) is 0 Å². The lowest BCUT2D eigenvalue weighted by Crippen LogP contribution is -2.35. The number of nitrogens with zero attached hydrogens (tertiary/aromatic N) is 1. The number of aryl methyl sites for hydroxylation is 1. The maximum Gasteiger partial charge on any atom is 0.278 e. The molecule has 5 nitrogen and oxygen atoms in total. The van der Waals surface area contributed by atoms with Crippen LogP contribution in [-0.2, 0) is 9.59 Å². The number of ether oxygens (including phenoxy) is 1. The van der Waals surface area contributed by atoms with Crippen LogP contribution >= 0.6 is 0 Å². The molecule has 3 rings (SSSR count). The molecule has 0 unspecified atom stereocenters. The quantitative estimate of drug-likeness (QED) is 0.698. The topological polar surface area (TPSA) is 58.6 Å². The Labute approximate surface area is 172 Å². The Hall–Kier alpha value is -3.08. The summed E-state index contributed by atoms with van der Waals surface area (Å²) in [5, 5.41) is 3.22. The molecule has 0 spiro atoms. The highest BCUT2D eigenvalue weighted by Gasteiger charge is 2.39. The van der Waals surface area contributed by atoms with E-state index in [1.165, 1.54) is 4.90 Å². The fourth-order valence-corrected chi connectivity index (χ4v) is 3.31. The van der Waals surface area contributed by atoms with Gasteiger partial charge >= 0.3 is 0 Å². The molecule has 0 bridgehead atoms. The number of anilines is 1. The maximum absolute atomic E-state index is 13.2. The zero-order chi connectivity index (χ0) is 21.1. The number of hydrogen-bond acceptors (Lipinski definition) is 4. The van der Waals surface area contributed by atoms with E-state index in [2.05, 4.69) is 5.32 Å². The van der Waals surface area contributed by atoms with Gasteiger partial charge in [0.1, 0.15) is 11.4 Å². The first-order chi connectivity index (χ1) is 13.8. The Morgan fingerprint density at radius 3 is 2.17 bits per heavy atom. The number of amides is 2. The van der Waals surface area contributed by atoms with E-state index in [0.29, 0.717) is 23.4 Å². The van der Waals surface area contributed by atoms with Gasteiger partial charge in [-0.3, -0.25) is 14.5 Å². The van der Waals surface area contributed by atoms with E-state index in [9.17, 15) is 9.59 Å². The summed E-state index contributed by atoms with van der Waals surface area (Å²) in [6.45, 7) is 10.3. The van der Waals surface area contributed by atoms with Crippen LogP contribution in [0.3, 0.4) is 0 Å². The number of imide groups is 1. The standard InChI is InChI=1S/C24H28N2O3/c1-15(2)14-26-23(27)21(18-10-12-19(13-11-18)29-16(3)4)22(24(26)28)25-20-9-7-6-8-17(20)5/h6-13,15-16,25H,14H2,1-5H3. The molecule has 2 aromatic rings. The van der Waals surface area contributed by atoms with Crippen LogP contribution in [0.1, 0.15) is 38.8 Å². The summed E-state index contributed by atoms with van der Waals surface area (Å²) >= 11 is 0. The van der Waals surface area contributed by atoms with E-state index >= 15 is 0 Å². The highest BCUT2D eigenvalue weighted by molar-refractivity contribution is 6.36. The van der Waals surface area contributed by atoms with Crippen LogP contribution in [0.5, 0.6) is 5.75 Å². The molecule has 1 aliphatic rings. The fraction of sp³-hybridized carbons (Fsp3) is 0.333. The Morgan fingerprint density at radius 2 is 1.59 bits per heavy atom. The van der Waals surface area contributed by atoms with Crippen molar-refractivity contribution in [2.45, 2.75) is 40.7 Å². The minimum absolute atomic E-state index is 0.0644. The highest BCUT2D eigenvalue weighted by Crippen LogP contribution is 2.32. The number of hydrogen-bond donors (Lipinski definition) is 1. The molecule has 0 saturated heterocycles. The summed E-state index contributed by atoms with van der Waals surface area (Å²) < 4.78 is 5.70. The minimum Gasteiger partial charge on any atom is -0.491 e. The molecule has 152 valence electrons. The smallest absolute Gasteiger partial charge is 0.278 e. The Morgan fingerprint density at radius 1 is 0.931 bits per heavy atom. The number of rotatable bonds is 7. The Kier molecular flexibility index (Phi) is 6.06. The van der Waals surface area contributed by atoms with Crippen LogP contribution in [0.25, 0.3) is 5.57 Å². The summed E-state index contributed by atoms with van der Waals surface area (Å²) in [6.07, 6.45) is 0.0644. The zero-order valence-corrected chi connectivity index (χ0v) is 17.7. The lowest BCUT2D eigenvalue weighted by molar-refractivity contribution is -0.137. The third kappa shape index (κ3) is 4.50. The molecular weight excluding hydrogens is 364 g/mol. The van der Waals surface area contributed by atoms with Crippen molar-refractivity contribution in [3.05, 3.63) is 65.4 Å². The van der Waals surface area contributed by atoms with Crippen molar-refractivity contribution in [1.82, 2.24) is 4.90 Å². The van der Waals surface area contributed by atoms with E-state index in [4.69, 9.17) is 4.74 Å². The van der Waals surface area contributed by atoms with Gasteiger partial charge in [-0.15, -0.1) is 0 Å². The first-order valence-electron chi connectivity index (χ1n) is 9.98. The van der Waals surface area contributed by atoms with Crippen LogP contribution in [-0.4, -0.2) is 29.4 Å². The molecule has 1 N–H and O–H groups in total. The monoisotopic (exact) mass is 392 g/mol. The molecule has 2 amide bonds. The van der Waals surface area contributed by atoms with Crippen molar-refractivity contribution >= 4 is 23.1 Å². The fourth-order valence-electron chi connectivity index (χ4n) is 3.31. The van der Waals surface area contributed by atoms with E-state index < -0.39 is 0 Å². The Bertz CT molecular complexity index is 943. The first kappa shape index (κ1) is 20.6. The first-order valence-corrected chi connectivity index (χ1v) is 9.98. The molecule has 0 fully saturated rings. The molecular formula is C24H28N2O3. The van der Waals surface area contributed by atoms with Crippen molar-refractivity contribution in [3.8, 4) is 5.75 Å². The van der Waals surface area contributed by atoms with Crippen molar-refractivity contribution < 1.29 is 14.3 Å². The van der Waals surface area contributed by atoms with Gasteiger partial charge in [-0.05, 0) is 56.0 Å². The minimum atomic E-state index is -0.288. The normalized spacial score (nSPS) is 14.4. The van der Waals surface area contributed by atoms with Gasteiger partial charge in [0, 0.05) is 12.2 Å². The third-order valence-corrected chi connectivity index (χ3v) is 4.64. The summed E-state index contributed by atoms with van der Waals surface area (Å²) in [5.41, 5.74) is 3.23. The van der Waals surface area contributed by atoms with Gasteiger partial charge in [-0.25, -0.2) is 0 Å². The number of para-hydroxylation sites is 1. The molecule has 5 heteroatoms. The largest absolute Gasteiger partial charge is 0.491 e. The van der Waals surface area contributed by atoms with Gasteiger partial charge in [-0.2, -0.15) is 0 Å². The molecule has 29 heavy (non-hydrogen) atoms. The second kappa shape index (κ2) is 8.52. The van der Waals surface area contributed by atoms with E-state index in [1.54, 1.807) is 0 Å². The zero-order valence-electron chi connectivity index (χ0n) is 17.7. The lowest BCUT2D eigenvalue weighted by atomic mass is 10.0. The average molecular weight is 392 g/mol. The van der Waals surface area contributed by atoms with Crippen LogP contribution < -0.4 is 10.1 Å². The Balaban J connectivity index is 2.03. The molecule has 1 aliphatic heterocycles. The lowest BCUT2D eigenvalue weighted by Gasteiger charge is -2.17. The second-order valence-electron chi connectivity index (χ2n) is 8.00. The van der Waals surface area contributed by atoms with E-state index in [1.807, 2.05) is 83.1 Å². The van der Waals surface area contributed by atoms with Crippen molar-refractivity contribution in [2.75, 3.05) is 11.9 Å². The molecule has 0 aliphatic carbocycles. The highest BCUT2D eigenvalue weighted by atomic mass is 16.5. The maximum atomic E-state index is 13.2. The molecule has 1 heterocycles. The van der Waals surface area contributed by atoms with Crippen LogP contribution in [0.4, 0.5) is 5.69 Å². The summed E-state index contributed by atoms with van der Waals surface area (Å²) in [7, 11) is 0. The van der Waals surface area contributed by atoms with Crippen molar-refractivity contribution in [3.63, 3.8) is 0 Å². The molecule has 0 radical (unpaired) electrons. The SMILES string of the molecule is Cc1ccccc1NC1=C(c2ccc(OC(C)C)cc2)C(=O)N(CC(C)C)C1=O. The number of carbonyl (C=O) groups is 2. The van der Waals surface area contributed by atoms with E-state index in [-0.39, 0.29) is 23.8 Å². The van der Waals surface area contributed by atoms with Gasteiger partial charge in [-0.1, -0.05) is 44.2 Å². The van der Waals surface area contributed by atoms with Crippen LogP contribution in [0.2, 0.25) is 0 Å². The summed E-state index contributed by atoms with van der Waals surface area (Å²) in [6, 6.07) is 15.0. The van der Waals surface area contributed by atoms with Crippen LogP contribution in [0.15, 0.2) is 54.2 Å². The number of carbonyl (C=O) groups excluding carboxylic acids is 2. The number of nitrogens with one attached hydrogen (secondary N) is 1. The van der Waals surface area contributed by atoms with Gasteiger partial charge in [0.15, 0.2) is 0 Å². The molecule has 0 aromatic heterocycles.